The highest BCUT2D eigenvalue weighted by molar-refractivity contribution is 9.10. The monoisotopic (exact) mass is 454 g/mol. The predicted molar refractivity (Wildman–Crippen MR) is 121 cm³/mol. The van der Waals surface area contributed by atoms with E-state index in [1.165, 1.54) is 0 Å². The molecule has 4 rings (SSSR count). The van der Waals surface area contributed by atoms with Crippen LogP contribution in [0, 0.1) is 22.7 Å². The van der Waals surface area contributed by atoms with Crippen molar-refractivity contribution in [1.29, 1.82) is 10.5 Å². The van der Waals surface area contributed by atoms with Crippen LogP contribution in [0.3, 0.4) is 0 Å². The lowest BCUT2D eigenvalue weighted by Gasteiger charge is -2.29. The number of piperazine rings is 2. The van der Waals surface area contributed by atoms with E-state index in [9.17, 15) is 0 Å². The van der Waals surface area contributed by atoms with Gasteiger partial charge in [0, 0.05) is 62.5 Å². The van der Waals surface area contributed by atoms with Gasteiger partial charge in [0.25, 0.3) is 0 Å². The molecule has 0 amide bonds. The predicted octanol–water partition coefficient (Wildman–Crippen LogP) is 2.47. The fourth-order valence-electron chi connectivity index (χ4n) is 2.86. The molecule has 2 fully saturated rings. The maximum atomic E-state index is 8.78. The molecular formula is C22H27BrN6. The third kappa shape index (κ3) is 9.08. The second kappa shape index (κ2) is 13.7. The molecule has 0 saturated carbocycles. The maximum absolute atomic E-state index is 8.78. The van der Waals surface area contributed by atoms with Crippen LogP contribution in [0.25, 0.3) is 0 Å². The molecule has 0 aliphatic carbocycles. The Bertz CT molecular complexity index is 805. The lowest BCUT2D eigenvalue weighted by molar-refractivity contribution is 0.534. The van der Waals surface area contributed by atoms with Crippen molar-refractivity contribution in [3.05, 3.63) is 64.1 Å². The van der Waals surface area contributed by atoms with Gasteiger partial charge in [0.05, 0.1) is 23.3 Å². The van der Waals surface area contributed by atoms with Crippen LogP contribution >= 0.6 is 15.9 Å². The van der Waals surface area contributed by atoms with Crippen LogP contribution in [0.4, 0.5) is 5.69 Å². The molecule has 0 spiro atoms. The van der Waals surface area contributed by atoms with Gasteiger partial charge in [-0.15, -0.1) is 0 Å². The van der Waals surface area contributed by atoms with E-state index in [2.05, 4.69) is 48.9 Å². The van der Waals surface area contributed by atoms with Crippen LogP contribution in [0.15, 0.2) is 53.0 Å². The van der Waals surface area contributed by atoms with E-state index in [1.807, 2.05) is 36.4 Å². The summed E-state index contributed by atoms with van der Waals surface area (Å²) >= 11 is 3.25. The molecule has 29 heavy (non-hydrogen) atoms. The number of nitriles is 2. The first-order valence-electron chi connectivity index (χ1n) is 9.76. The molecule has 0 atom stereocenters. The molecule has 2 aromatic carbocycles. The third-order valence-electron chi connectivity index (χ3n) is 4.37. The molecule has 2 aromatic rings. The zero-order valence-electron chi connectivity index (χ0n) is 16.5. The van der Waals surface area contributed by atoms with Crippen molar-refractivity contribution in [2.24, 2.45) is 0 Å². The molecule has 152 valence electrons. The number of nitrogens with one attached hydrogen (secondary N) is 3. The van der Waals surface area contributed by atoms with E-state index in [1.54, 1.807) is 12.1 Å². The van der Waals surface area contributed by atoms with Crippen LogP contribution < -0.4 is 20.9 Å². The molecule has 2 saturated heterocycles. The quantitative estimate of drug-likeness (QED) is 0.613. The topological polar surface area (TPSA) is 86.9 Å². The molecule has 0 unspecified atom stereocenters. The number of hydrogen-bond acceptors (Lipinski definition) is 6. The SMILES string of the molecule is C1CNCCN1.N#Cc1cccc(Br)c1.N#Cc1cccc(N2CCNCC2)c1. The Kier molecular flexibility index (Phi) is 10.8. The van der Waals surface area contributed by atoms with E-state index < -0.39 is 0 Å². The second-order valence-electron chi connectivity index (χ2n) is 6.52. The highest BCUT2D eigenvalue weighted by Crippen LogP contribution is 2.16. The van der Waals surface area contributed by atoms with Crippen molar-refractivity contribution in [3.63, 3.8) is 0 Å². The number of benzene rings is 2. The maximum Gasteiger partial charge on any atom is 0.0992 e. The van der Waals surface area contributed by atoms with E-state index in [-0.39, 0.29) is 0 Å². The van der Waals surface area contributed by atoms with Crippen LogP contribution in [-0.2, 0) is 0 Å². The van der Waals surface area contributed by atoms with Crippen LogP contribution in [0.2, 0.25) is 0 Å². The van der Waals surface area contributed by atoms with Crippen LogP contribution in [0.5, 0.6) is 0 Å². The molecule has 2 aliphatic heterocycles. The summed E-state index contributed by atoms with van der Waals surface area (Å²) in [6.07, 6.45) is 0. The zero-order valence-corrected chi connectivity index (χ0v) is 18.1. The summed E-state index contributed by atoms with van der Waals surface area (Å²) in [5, 5.41) is 26.9. The van der Waals surface area contributed by atoms with Crippen LogP contribution in [0.1, 0.15) is 11.1 Å². The fourth-order valence-corrected chi connectivity index (χ4v) is 3.26. The van der Waals surface area contributed by atoms with E-state index >= 15 is 0 Å². The minimum Gasteiger partial charge on any atom is -0.369 e. The number of rotatable bonds is 1. The summed E-state index contributed by atoms with van der Waals surface area (Å²) in [7, 11) is 0. The Balaban J connectivity index is 0.000000171. The number of halogens is 1. The first-order valence-corrected chi connectivity index (χ1v) is 10.5. The summed E-state index contributed by atoms with van der Waals surface area (Å²) in [4.78, 5) is 2.30. The molecule has 2 heterocycles. The largest absolute Gasteiger partial charge is 0.369 e. The third-order valence-corrected chi connectivity index (χ3v) is 4.86. The van der Waals surface area contributed by atoms with Gasteiger partial charge in [0.15, 0.2) is 0 Å². The first kappa shape index (κ1) is 22.9. The second-order valence-corrected chi connectivity index (χ2v) is 7.44. The lowest BCUT2D eigenvalue weighted by Crippen LogP contribution is -2.43. The van der Waals surface area contributed by atoms with E-state index in [4.69, 9.17) is 10.5 Å². The van der Waals surface area contributed by atoms with Crippen molar-refractivity contribution >= 4 is 21.6 Å². The highest BCUT2D eigenvalue weighted by atomic mass is 79.9. The van der Waals surface area contributed by atoms with Gasteiger partial charge in [-0.3, -0.25) is 0 Å². The molecule has 0 aromatic heterocycles. The molecule has 6 nitrogen and oxygen atoms in total. The van der Waals surface area contributed by atoms with Gasteiger partial charge in [-0.1, -0.05) is 28.1 Å². The van der Waals surface area contributed by atoms with Gasteiger partial charge in [-0.05, 0) is 36.4 Å². The summed E-state index contributed by atoms with van der Waals surface area (Å²) < 4.78 is 0.946. The van der Waals surface area contributed by atoms with Crippen molar-refractivity contribution in [2.45, 2.75) is 0 Å². The summed E-state index contributed by atoms with van der Waals surface area (Å²) in [6.45, 7) is 8.65. The van der Waals surface area contributed by atoms with Gasteiger partial charge in [-0.25, -0.2) is 0 Å². The first-order chi connectivity index (χ1) is 14.2. The van der Waals surface area contributed by atoms with Crippen molar-refractivity contribution < 1.29 is 0 Å². The van der Waals surface area contributed by atoms with Crippen molar-refractivity contribution in [2.75, 3.05) is 57.3 Å². The van der Waals surface area contributed by atoms with Crippen LogP contribution in [-0.4, -0.2) is 52.4 Å². The Labute approximate surface area is 181 Å². The Morgan fingerprint density at radius 3 is 1.72 bits per heavy atom. The number of anilines is 1. The Morgan fingerprint density at radius 2 is 1.24 bits per heavy atom. The fraction of sp³-hybridized carbons (Fsp3) is 0.364. The molecule has 0 bridgehead atoms. The molecular weight excluding hydrogens is 428 g/mol. The summed E-state index contributed by atoms with van der Waals surface area (Å²) in [5.74, 6) is 0. The van der Waals surface area contributed by atoms with E-state index in [0.29, 0.717) is 5.56 Å². The molecule has 2 aliphatic rings. The highest BCUT2D eigenvalue weighted by Gasteiger charge is 2.09. The molecule has 3 N–H and O–H groups in total. The van der Waals surface area contributed by atoms with Gasteiger partial charge in [0.1, 0.15) is 0 Å². The van der Waals surface area contributed by atoms with Gasteiger partial charge in [-0.2, -0.15) is 10.5 Å². The average Bonchev–Trinajstić information content (AvgIpc) is 2.81. The van der Waals surface area contributed by atoms with Gasteiger partial charge >= 0.3 is 0 Å². The van der Waals surface area contributed by atoms with Crippen molar-refractivity contribution in [1.82, 2.24) is 16.0 Å². The summed E-state index contributed by atoms with van der Waals surface area (Å²) in [6, 6.07) is 19.3. The van der Waals surface area contributed by atoms with Gasteiger partial charge < -0.3 is 20.9 Å². The standard InChI is InChI=1S/C11H13N3.C7H4BrN.C4H10N2/c12-9-10-2-1-3-11(8-10)14-6-4-13-5-7-14;8-7-3-1-2-6(4-7)5-9;1-2-6-4-3-5-1/h1-3,8,13H,4-7H2;1-4H;5-6H,1-4H2. The summed E-state index contributed by atoms with van der Waals surface area (Å²) in [5.41, 5.74) is 2.58. The lowest BCUT2D eigenvalue weighted by atomic mass is 10.2. The Morgan fingerprint density at radius 1 is 0.724 bits per heavy atom. The van der Waals surface area contributed by atoms with Crippen molar-refractivity contribution in [3.8, 4) is 12.1 Å². The number of nitrogens with zero attached hydrogens (tertiary/aromatic N) is 3. The minimum absolute atomic E-state index is 0.685. The average molecular weight is 455 g/mol. The molecule has 7 heteroatoms. The zero-order chi connectivity index (χ0) is 20.7. The Hall–Kier alpha value is -2.42. The smallest absolute Gasteiger partial charge is 0.0992 e. The molecule has 0 radical (unpaired) electrons. The van der Waals surface area contributed by atoms with E-state index in [0.717, 1.165) is 68.1 Å². The normalized spacial score (nSPS) is 15.5. The van der Waals surface area contributed by atoms with Gasteiger partial charge in [0.2, 0.25) is 0 Å². The number of hydrogen-bond donors (Lipinski definition) is 3. The minimum atomic E-state index is 0.685.